The van der Waals surface area contributed by atoms with Gasteiger partial charge >= 0.3 is 5.97 Å². The van der Waals surface area contributed by atoms with Crippen LogP contribution in [0.1, 0.15) is 34.7 Å². The van der Waals surface area contributed by atoms with Crippen molar-refractivity contribution in [3.63, 3.8) is 0 Å². The van der Waals surface area contributed by atoms with E-state index in [0.29, 0.717) is 6.54 Å². The van der Waals surface area contributed by atoms with E-state index in [-0.39, 0.29) is 28.7 Å². The Labute approximate surface area is 132 Å². The summed E-state index contributed by atoms with van der Waals surface area (Å²) < 4.78 is 7.79. The number of esters is 1. The lowest BCUT2D eigenvalue weighted by Gasteiger charge is -2.09. The maximum Gasteiger partial charge on any atom is 0.343 e. The Balaban J connectivity index is 2.31. The summed E-state index contributed by atoms with van der Waals surface area (Å²) in [5, 5.41) is 10.8. The molecular formula is C13H16ClN5O3. The molecule has 9 heteroatoms. The molecule has 0 bridgehead atoms. The van der Waals surface area contributed by atoms with Gasteiger partial charge in [0.2, 0.25) is 0 Å². The highest BCUT2D eigenvalue weighted by molar-refractivity contribution is 6.34. The fourth-order valence-corrected chi connectivity index (χ4v) is 2.17. The number of aromatic nitrogens is 4. The van der Waals surface area contributed by atoms with E-state index in [9.17, 15) is 9.59 Å². The van der Waals surface area contributed by atoms with E-state index in [1.807, 2.05) is 6.92 Å². The molecule has 0 radical (unpaired) electrons. The molecule has 0 fully saturated rings. The Kier molecular flexibility index (Phi) is 4.81. The lowest BCUT2D eigenvalue weighted by molar-refractivity contribution is 0.0527. The van der Waals surface area contributed by atoms with Crippen LogP contribution in [0.4, 0.5) is 5.82 Å². The van der Waals surface area contributed by atoms with Gasteiger partial charge in [0.15, 0.2) is 0 Å². The number of nitrogens with one attached hydrogen (secondary N) is 1. The highest BCUT2D eigenvalue weighted by Gasteiger charge is 2.23. The molecule has 0 aliphatic rings. The predicted octanol–water partition coefficient (Wildman–Crippen LogP) is 1.72. The standard InChI is InChI=1S/C13H16ClN5O3/c1-4-19-10(9(14)7-16-19)12(20)17-11-8(6-15-18(11)3)13(21)22-5-2/h6-7H,4-5H2,1-3H3,(H,17,20). The minimum atomic E-state index is -0.555. The summed E-state index contributed by atoms with van der Waals surface area (Å²) in [7, 11) is 1.61. The third-order valence-electron chi connectivity index (χ3n) is 2.98. The van der Waals surface area contributed by atoms with Crippen LogP contribution in [-0.4, -0.2) is 38.0 Å². The quantitative estimate of drug-likeness (QED) is 0.845. The Bertz CT molecular complexity index is 707. The van der Waals surface area contributed by atoms with E-state index in [0.717, 1.165) is 0 Å². The van der Waals surface area contributed by atoms with E-state index in [2.05, 4.69) is 15.5 Å². The van der Waals surface area contributed by atoms with E-state index < -0.39 is 11.9 Å². The molecule has 2 heterocycles. The van der Waals surface area contributed by atoms with Gasteiger partial charge in [-0.25, -0.2) is 4.79 Å². The van der Waals surface area contributed by atoms with Crippen molar-refractivity contribution in [2.24, 2.45) is 7.05 Å². The van der Waals surface area contributed by atoms with E-state index in [1.54, 1.807) is 14.0 Å². The van der Waals surface area contributed by atoms with Gasteiger partial charge in [0.05, 0.1) is 24.0 Å². The molecule has 22 heavy (non-hydrogen) atoms. The fraction of sp³-hybridized carbons (Fsp3) is 0.385. The van der Waals surface area contributed by atoms with E-state index >= 15 is 0 Å². The molecule has 118 valence electrons. The summed E-state index contributed by atoms with van der Waals surface area (Å²) in [6.07, 6.45) is 2.74. The number of carbonyl (C=O) groups is 2. The average molecular weight is 326 g/mol. The molecule has 0 spiro atoms. The first-order valence-corrected chi connectivity index (χ1v) is 7.09. The minimum absolute atomic E-state index is 0.177. The molecule has 2 aromatic rings. The SMILES string of the molecule is CCOC(=O)c1cnn(C)c1NC(=O)c1c(Cl)cnn1CC. The Morgan fingerprint density at radius 2 is 2.05 bits per heavy atom. The van der Waals surface area contributed by atoms with Gasteiger partial charge in [0.25, 0.3) is 5.91 Å². The summed E-state index contributed by atoms with van der Waals surface area (Å²) in [5.74, 6) is -0.789. The fourth-order valence-electron chi connectivity index (χ4n) is 1.94. The molecule has 8 nitrogen and oxygen atoms in total. The van der Waals surface area contributed by atoms with Crippen molar-refractivity contribution in [2.45, 2.75) is 20.4 Å². The molecule has 2 aromatic heterocycles. The molecule has 0 aliphatic heterocycles. The third-order valence-corrected chi connectivity index (χ3v) is 3.25. The largest absolute Gasteiger partial charge is 0.462 e. The monoisotopic (exact) mass is 325 g/mol. The van der Waals surface area contributed by atoms with Gasteiger partial charge in [-0.3, -0.25) is 14.2 Å². The van der Waals surface area contributed by atoms with E-state index in [4.69, 9.17) is 16.3 Å². The zero-order valence-electron chi connectivity index (χ0n) is 12.5. The summed E-state index contributed by atoms with van der Waals surface area (Å²) in [4.78, 5) is 24.3. The van der Waals surface area contributed by atoms with Crippen LogP contribution >= 0.6 is 11.6 Å². The highest BCUT2D eigenvalue weighted by Crippen LogP contribution is 2.20. The van der Waals surface area contributed by atoms with Crippen LogP contribution in [0.15, 0.2) is 12.4 Å². The van der Waals surface area contributed by atoms with Crippen LogP contribution < -0.4 is 5.32 Å². The molecule has 1 amide bonds. The minimum Gasteiger partial charge on any atom is -0.462 e. The van der Waals surface area contributed by atoms with Crippen LogP contribution in [0, 0.1) is 0 Å². The smallest absolute Gasteiger partial charge is 0.343 e. The number of ether oxygens (including phenoxy) is 1. The van der Waals surface area contributed by atoms with Crippen LogP contribution in [0.2, 0.25) is 5.02 Å². The van der Waals surface area contributed by atoms with Gasteiger partial charge < -0.3 is 10.1 Å². The van der Waals surface area contributed by atoms with Crippen LogP contribution in [0.25, 0.3) is 0 Å². The molecule has 2 rings (SSSR count). The van der Waals surface area contributed by atoms with Gasteiger partial charge in [0, 0.05) is 13.6 Å². The van der Waals surface area contributed by atoms with Crippen LogP contribution in [0.5, 0.6) is 0 Å². The first-order valence-electron chi connectivity index (χ1n) is 6.71. The van der Waals surface area contributed by atoms with Crippen molar-refractivity contribution in [3.05, 3.63) is 28.7 Å². The number of hydrogen-bond donors (Lipinski definition) is 1. The van der Waals surface area contributed by atoms with Crippen molar-refractivity contribution in [3.8, 4) is 0 Å². The van der Waals surface area contributed by atoms with Gasteiger partial charge in [-0.15, -0.1) is 0 Å². The molecule has 0 unspecified atom stereocenters. The summed E-state index contributed by atoms with van der Waals surface area (Å²) >= 11 is 5.99. The number of aryl methyl sites for hydroxylation is 2. The lowest BCUT2D eigenvalue weighted by atomic mass is 10.3. The maximum atomic E-state index is 12.4. The molecule has 0 aromatic carbocycles. The first-order chi connectivity index (χ1) is 10.5. The zero-order valence-corrected chi connectivity index (χ0v) is 13.2. The number of amides is 1. The molecule has 0 saturated carbocycles. The second kappa shape index (κ2) is 6.61. The molecule has 1 N–H and O–H groups in total. The average Bonchev–Trinajstić information content (AvgIpc) is 3.03. The Morgan fingerprint density at radius 1 is 1.32 bits per heavy atom. The van der Waals surface area contributed by atoms with Crippen molar-refractivity contribution < 1.29 is 14.3 Å². The van der Waals surface area contributed by atoms with Crippen molar-refractivity contribution in [2.75, 3.05) is 11.9 Å². The van der Waals surface area contributed by atoms with Crippen molar-refractivity contribution in [1.29, 1.82) is 0 Å². The number of nitrogens with zero attached hydrogens (tertiary/aromatic N) is 4. The number of carbonyl (C=O) groups excluding carboxylic acids is 2. The summed E-state index contributed by atoms with van der Waals surface area (Å²) in [5.41, 5.74) is 0.400. The molecule has 0 saturated heterocycles. The number of anilines is 1. The van der Waals surface area contributed by atoms with Gasteiger partial charge in [-0.2, -0.15) is 10.2 Å². The van der Waals surface area contributed by atoms with Crippen LogP contribution in [0.3, 0.4) is 0 Å². The van der Waals surface area contributed by atoms with Crippen LogP contribution in [-0.2, 0) is 18.3 Å². The lowest BCUT2D eigenvalue weighted by Crippen LogP contribution is -2.21. The normalized spacial score (nSPS) is 10.5. The molecule has 0 atom stereocenters. The van der Waals surface area contributed by atoms with Crippen molar-refractivity contribution in [1.82, 2.24) is 19.6 Å². The Hall–Kier alpha value is -2.35. The molecular weight excluding hydrogens is 310 g/mol. The maximum absolute atomic E-state index is 12.4. The Morgan fingerprint density at radius 3 is 2.68 bits per heavy atom. The number of halogens is 1. The molecule has 0 aliphatic carbocycles. The summed E-state index contributed by atoms with van der Waals surface area (Å²) in [6.45, 7) is 4.27. The van der Waals surface area contributed by atoms with Gasteiger partial charge in [0.1, 0.15) is 17.1 Å². The second-order valence-corrected chi connectivity index (χ2v) is 4.77. The number of rotatable bonds is 5. The van der Waals surface area contributed by atoms with E-state index in [1.165, 1.54) is 21.8 Å². The third kappa shape index (κ3) is 2.96. The summed E-state index contributed by atoms with van der Waals surface area (Å²) in [6, 6.07) is 0. The first kappa shape index (κ1) is 16.0. The zero-order chi connectivity index (χ0) is 16.3. The predicted molar refractivity (Wildman–Crippen MR) is 80.0 cm³/mol. The highest BCUT2D eigenvalue weighted by atomic mass is 35.5. The van der Waals surface area contributed by atoms with Gasteiger partial charge in [-0.1, -0.05) is 11.6 Å². The van der Waals surface area contributed by atoms with Gasteiger partial charge in [-0.05, 0) is 13.8 Å². The van der Waals surface area contributed by atoms with Crippen molar-refractivity contribution >= 4 is 29.3 Å². The second-order valence-electron chi connectivity index (χ2n) is 4.36. The topological polar surface area (TPSA) is 91.0 Å². The number of hydrogen-bond acceptors (Lipinski definition) is 5.